The molecule has 0 N–H and O–H groups in total. The molecule has 0 unspecified atom stereocenters. The van der Waals surface area contributed by atoms with E-state index in [0.29, 0.717) is 0 Å². The van der Waals surface area contributed by atoms with Crippen molar-refractivity contribution in [2.45, 2.75) is 119 Å². The van der Waals surface area contributed by atoms with Crippen LogP contribution in [0, 0.1) is 0 Å². The van der Waals surface area contributed by atoms with Crippen molar-refractivity contribution < 1.29 is 57.5 Å². The molecule has 0 aromatic carbocycles. The molecule has 0 atom stereocenters. The maximum Gasteiger partial charge on any atom is 1.00 e. The number of rotatable bonds is 18. The molecule has 0 aliphatic heterocycles. The van der Waals surface area contributed by atoms with Crippen LogP contribution in [0.15, 0.2) is 0 Å². The second kappa shape index (κ2) is 20.8. The number of unbranched alkanes of at least 4 members (excludes halogenated alkanes) is 6. The van der Waals surface area contributed by atoms with Crippen molar-refractivity contribution in [1.82, 2.24) is 0 Å². The summed E-state index contributed by atoms with van der Waals surface area (Å²) in [5, 5.41) is 0. The van der Waals surface area contributed by atoms with Crippen molar-refractivity contribution in [2.24, 2.45) is 0 Å². The van der Waals surface area contributed by atoms with Crippen LogP contribution in [0.4, 0.5) is 0 Å². The number of hydrogen-bond acceptors (Lipinski definition) is 2. The third kappa shape index (κ3) is 12.3. The smallest absolute Gasteiger partial charge is 1.00 e. The fourth-order valence-electron chi connectivity index (χ4n) is 4.01. The van der Waals surface area contributed by atoms with E-state index in [1.807, 2.05) is 0 Å². The molecule has 1 nitrogen and oxygen atoms in total. The van der Waals surface area contributed by atoms with Gasteiger partial charge in [-0.1, -0.05) is 91.8 Å². The van der Waals surface area contributed by atoms with Gasteiger partial charge in [-0.05, 0) is 61.5 Å². The molecular formula is C25H55KOS2. The quantitative estimate of drug-likeness (QED) is 0.135. The second-order valence-corrected chi connectivity index (χ2v) is 15.6. The Morgan fingerprint density at radius 1 is 0.621 bits per heavy atom. The van der Waals surface area contributed by atoms with E-state index < -0.39 is 8.75 Å². The molecule has 0 saturated heterocycles. The molecule has 0 bridgehead atoms. The largest absolute Gasteiger partial charge is 1.00 e. The van der Waals surface area contributed by atoms with Gasteiger partial charge < -0.3 is 6.16 Å². The zero-order valence-corrected chi connectivity index (χ0v) is 26.2. The first-order chi connectivity index (χ1) is 13.6. The summed E-state index contributed by atoms with van der Waals surface area (Å²) >= 11 is 2.15. The van der Waals surface area contributed by atoms with Crippen LogP contribution >= 0.6 is 20.5 Å². The summed E-state index contributed by atoms with van der Waals surface area (Å²) in [4.78, 5) is 0. The van der Waals surface area contributed by atoms with Gasteiger partial charge in [-0.25, -0.2) is 8.75 Å². The van der Waals surface area contributed by atoms with Gasteiger partial charge in [0.2, 0.25) is 0 Å². The van der Waals surface area contributed by atoms with Crippen molar-refractivity contribution in [2.75, 3.05) is 35.4 Å². The fourth-order valence-corrected chi connectivity index (χ4v) is 13.9. The van der Waals surface area contributed by atoms with Gasteiger partial charge in [-0.15, -0.1) is 0 Å². The van der Waals surface area contributed by atoms with Crippen molar-refractivity contribution in [3.63, 3.8) is 0 Å². The Balaban J connectivity index is -0.00000364. The van der Waals surface area contributed by atoms with E-state index in [2.05, 4.69) is 53.3 Å². The van der Waals surface area contributed by atoms with E-state index in [1.165, 1.54) is 106 Å². The first kappa shape index (κ1) is 33.3. The molecule has 0 fully saturated rings. The molecule has 174 valence electrons. The second-order valence-electron chi connectivity index (χ2n) is 8.69. The van der Waals surface area contributed by atoms with Crippen molar-refractivity contribution >= 4 is 24.9 Å². The van der Waals surface area contributed by atoms with E-state index in [4.69, 9.17) is 4.74 Å². The minimum atomic E-state index is -1.68. The Bertz CT molecular complexity index is 375. The molecule has 0 saturated carbocycles. The molecular weight excluding hydrogens is 420 g/mol. The first-order valence-corrected chi connectivity index (χ1v) is 16.3. The predicted octanol–water partition coefficient (Wildman–Crippen LogP) is 6.08. The maximum absolute atomic E-state index is 6.81. The molecule has 0 aliphatic carbocycles. The predicted molar refractivity (Wildman–Crippen MR) is 141 cm³/mol. The van der Waals surface area contributed by atoms with E-state index in [-0.39, 0.29) is 52.8 Å². The molecule has 0 amide bonds. The Labute approximate surface area is 233 Å². The molecule has 0 aromatic heterocycles. The molecule has 0 aliphatic rings. The van der Waals surface area contributed by atoms with Crippen LogP contribution in [0.2, 0.25) is 0 Å². The Kier molecular flexibility index (Phi) is 23.9. The van der Waals surface area contributed by atoms with Crippen LogP contribution in [-0.2, 0) is 4.74 Å². The minimum absolute atomic E-state index is 0. The van der Waals surface area contributed by atoms with Crippen molar-refractivity contribution in [1.29, 1.82) is 0 Å². The average molecular weight is 475 g/mol. The molecule has 0 rings (SSSR count). The summed E-state index contributed by atoms with van der Waals surface area (Å²) in [6, 6.07) is 0. The van der Waals surface area contributed by atoms with E-state index in [0.717, 1.165) is 6.61 Å². The third-order valence-corrected chi connectivity index (χ3v) is 15.1. The Morgan fingerprint density at radius 3 is 1.34 bits per heavy atom. The van der Waals surface area contributed by atoms with Crippen LogP contribution in [0.3, 0.4) is 0 Å². The van der Waals surface area contributed by atoms with E-state index in [9.17, 15) is 0 Å². The molecule has 0 spiro atoms. The maximum atomic E-state index is 6.81. The van der Waals surface area contributed by atoms with Crippen LogP contribution in [0.5, 0.6) is 0 Å². The summed E-state index contributed by atoms with van der Waals surface area (Å²) < 4.78 is 8.37. The number of hydrogen-bond donors (Lipinski definition) is 0. The van der Waals surface area contributed by atoms with Gasteiger partial charge in [-0.2, -0.15) is 0 Å². The van der Waals surface area contributed by atoms with Crippen molar-refractivity contribution in [3.8, 4) is 0 Å². The molecule has 0 aromatic rings. The Hall–Kier alpha value is 2.17. The van der Waals surface area contributed by atoms with Gasteiger partial charge in [0.05, 0.1) is 6.61 Å². The molecule has 0 radical (unpaired) electrons. The topological polar surface area (TPSA) is 9.23 Å². The summed E-state index contributed by atoms with van der Waals surface area (Å²) in [6.45, 7) is 15.1. The summed E-state index contributed by atoms with van der Waals surface area (Å²) in [5.74, 6) is 7.01. The van der Waals surface area contributed by atoms with Gasteiger partial charge in [0.1, 0.15) is 4.38 Å². The Morgan fingerprint density at radius 2 is 1.00 bits per heavy atom. The van der Waals surface area contributed by atoms with Gasteiger partial charge in [0.15, 0.2) is 0 Å². The average Bonchev–Trinajstić information content (AvgIpc) is 2.72. The molecule has 29 heavy (non-hydrogen) atoms. The standard InChI is InChI=1S/C25H54OS2.K.H/c1-7-13-19-26-25(27-20-14-8-2)28(21-15-9-3,22-16-10-4,23-17-11-5)24-18-12-6;;/h7-24H2,1-6H3;;/q;+1;-1. The SMILES string of the molecule is CCCCOC(SCCCC)=S(CCCC)(CCCC)(CCCC)CCCC.[H-].[K+]. The van der Waals surface area contributed by atoms with Crippen LogP contribution < -0.4 is 51.4 Å². The molecule has 0 heterocycles. The number of thioether (sulfide) groups is 1. The summed E-state index contributed by atoms with van der Waals surface area (Å²) in [6.07, 6.45) is 15.8. The zero-order valence-electron chi connectivity index (χ0n) is 22.5. The first-order valence-electron chi connectivity index (χ1n) is 12.6. The van der Waals surface area contributed by atoms with Gasteiger partial charge >= 0.3 is 51.4 Å². The normalized spacial score (nSPS) is 13.0. The van der Waals surface area contributed by atoms with E-state index in [1.54, 1.807) is 4.38 Å². The van der Waals surface area contributed by atoms with Gasteiger partial charge in [-0.3, -0.25) is 0 Å². The summed E-state index contributed by atoms with van der Waals surface area (Å²) in [5.41, 5.74) is 0. The monoisotopic (exact) mass is 474 g/mol. The van der Waals surface area contributed by atoms with Gasteiger partial charge in [0, 0.05) is 5.75 Å². The summed E-state index contributed by atoms with van der Waals surface area (Å²) in [7, 11) is -1.68. The fraction of sp³-hybridized carbons (Fsp3) is 0.960. The van der Waals surface area contributed by atoms with Crippen LogP contribution in [0.25, 0.3) is 0 Å². The van der Waals surface area contributed by atoms with E-state index >= 15 is 0 Å². The van der Waals surface area contributed by atoms with Crippen LogP contribution in [0.1, 0.15) is 120 Å². The zero-order chi connectivity index (χ0) is 21.2. The third-order valence-electron chi connectivity index (χ3n) is 6.04. The minimum Gasteiger partial charge on any atom is -1.00 e. The van der Waals surface area contributed by atoms with Gasteiger partial charge in [0.25, 0.3) is 0 Å². The van der Waals surface area contributed by atoms with Crippen molar-refractivity contribution in [3.05, 3.63) is 0 Å². The molecule has 4 heteroatoms. The van der Waals surface area contributed by atoms with Crippen LogP contribution in [-0.4, -0.2) is 39.8 Å². The number of ether oxygens (including phenoxy) is 1.